The Morgan fingerprint density at radius 3 is 2.44 bits per heavy atom. The molecular formula is C27H25N3O3S. The molecule has 5 rings (SSSR count). The van der Waals surface area contributed by atoms with Crippen molar-refractivity contribution in [1.29, 1.82) is 0 Å². The smallest absolute Gasteiger partial charge is 0.337 e. The molecule has 7 heteroatoms. The van der Waals surface area contributed by atoms with Gasteiger partial charge in [0.05, 0.1) is 21.9 Å². The topological polar surface area (TPSA) is 76.7 Å². The van der Waals surface area contributed by atoms with Gasteiger partial charge in [0, 0.05) is 27.6 Å². The summed E-state index contributed by atoms with van der Waals surface area (Å²) in [5.74, 6) is -1.06. The Hall–Kier alpha value is -3.55. The molecule has 0 aliphatic rings. The van der Waals surface area contributed by atoms with Crippen LogP contribution in [0.2, 0.25) is 0 Å². The minimum atomic E-state index is -1.19. The standard InChI is InChI=1S/C27H25N3O3S/c1-16-23(25(26(31)32)33-27(2,3)4)24(21-14-18-12-8-9-13-20(18)34-21)30-22(28-16)15-19(29-30)17-10-6-5-7-11-17/h5-15,25H,1-4H3,(H,31,32). The fourth-order valence-corrected chi connectivity index (χ4v) is 5.23. The number of nitrogens with zero attached hydrogens (tertiary/aromatic N) is 3. The normalized spacial score (nSPS) is 12.9. The second kappa shape index (κ2) is 8.34. The molecule has 0 saturated heterocycles. The van der Waals surface area contributed by atoms with Crippen molar-refractivity contribution in [3.05, 3.63) is 78.0 Å². The van der Waals surface area contributed by atoms with E-state index in [-0.39, 0.29) is 0 Å². The Bertz CT molecular complexity index is 1480. The van der Waals surface area contributed by atoms with Gasteiger partial charge >= 0.3 is 5.97 Å². The Balaban J connectivity index is 1.83. The molecule has 0 saturated carbocycles. The molecule has 34 heavy (non-hydrogen) atoms. The van der Waals surface area contributed by atoms with Crippen LogP contribution in [0.25, 0.3) is 37.6 Å². The lowest BCUT2D eigenvalue weighted by Gasteiger charge is -2.27. The van der Waals surface area contributed by atoms with E-state index in [2.05, 4.69) is 18.2 Å². The van der Waals surface area contributed by atoms with E-state index in [0.29, 0.717) is 22.6 Å². The number of carbonyl (C=O) groups is 1. The first kappa shape index (κ1) is 22.3. The Labute approximate surface area is 201 Å². The number of carboxylic acids is 1. The number of benzene rings is 2. The third kappa shape index (κ3) is 4.08. The monoisotopic (exact) mass is 471 g/mol. The second-order valence-electron chi connectivity index (χ2n) is 9.22. The van der Waals surface area contributed by atoms with Crippen molar-refractivity contribution in [2.75, 3.05) is 0 Å². The fourth-order valence-electron chi connectivity index (χ4n) is 4.12. The number of aliphatic carboxylic acids is 1. The van der Waals surface area contributed by atoms with Crippen LogP contribution in [0, 0.1) is 6.92 Å². The minimum Gasteiger partial charge on any atom is -0.479 e. The van der Waals surface area contributed by atoms with Gasteiger partial charge in [-0.25, -0.2) is 14.3 Å². The first-order chi connectivity index (χ1) is 16.2. The molecule has 1 atom stereocenters. The van der Waals surface area contributed by atoms with Gasteiger partial charge in [-0.1, -0.05) is 48.5 Å². The van der Waals surface area contributed by atoms with Gasteiger partial charge in [-0.3, -0.25) is 0 Å². The molecule has 2 aromatic carbocycles. The molecule has 5 aromatic rings. The van der Waals surface area contributed by atoms with Gasteiger partial charge in [0.1, 0.15) is 0 Å². The Morgan fingerprint density at radius 1 is 1.06 bits per heavy atom. The molecule has 172 valence electrons. The molecule has 1 unspecified atom stereocenters. The summed E-state index contributed by atoms with van der Waals surface area (Å²) in [4.78, 5) is 18.1. The first-order valence-corrected chi connectivity index (χ1v) is 11.9. The molecular weight excluding hydrogens is 446 g/mol. The highest BCUT2D eigenvalue weighted by molar-refractivity contribution is 7.22. The molecule has 0 amide bonds. The van der Waals surface area contributed by atoms with Crippen molar-refractivity contribution >= 4 is 33.0 Å². The van der Waals surface area contributed by atoms with E-state index in [9.17, 15) is 9.90 Å². The number of carboxylic acid groups (broad SMARTS) is 1. The van der Waals surface area contributed by atoms with E-state index in [4.69, 9.17) is 14.8 Å². The summed E-state index contributed by atoms with van der Waals surface area (Å²) >= 11 is 1.60. The number of rotatable bonds is 5. The zero-order valence-electron chi connectivity index (χ0n) is 19.4. The maximum absolute atomic E-state index is 12.5. The summed E-state index contributed by atoms with van der Waals surface area (Å²) in [6.07, 6.45) is -1.19. The van der Waals surface area contributed by atoms with Crippen LogP contribution < -0.4 is 0 Å². The number of hydrogen-bond donors (Lipinski definition) is 1. The third-order valence-electron chi connectivity index (χ3n) is 5.52. The van der Waals surface area contributed by atoms with E-state index in [1.54, 1.807) is 15.9 Å². The van der Waals surface area contributed by atoms with Crippen LogP contribution in [0.5, 0.6) is 0 Å². The summed E-state index contributed by atoms with van der Waals surface area (Å²) in [6, 6.07) is 22.0. The number of aromatic nitrogens is 3. The number of ether oxygens (including phenoxy) is 1. The van der Waals surface area contributed by atoms with E-state index in [1.165, 1.54) is 0 Å². The molecule has 0 bridgehead atoms. The Morgan fingerprint density at radius 2 is 1.76 bits per heavy atom. The SMILES string of the molecule is Cc1nc2cc(-c3ccccc3)nn2c(-c2cc3ccccc3s2)c1C(OC(C)(C)C)C(=O)O. The number of aryl methyl sites for hydroxylation is 1. The van der Waals surface area contributed by atoms with Gasteiger partial charge in [-0.15, -0.1) is 11.3 Å². The largest absolute Gasteiger partial charge is 0.479 e. The molecule has 0 aliphatic carbocycles. The number of fused-ring (bicyclic) bond motifs is 2. The van der Waals surface area contributed by atoms with Gasteiger partial charge in [0.25, 0.3) is 0 Å². The lowest BCUT2D eigenvalue weighted by atomic mass is 10.0. The first-order valence-electron chi connectivity index (χ1n) is 11.1. The molecule has 0 spiro atoms. The van der Waals surface area contributed by atoms with Gasteiger partial charge < -0.3 is 9.84 Å². The van der Waals surface area contributed by atoms with Crippen LogP contribution in [0.3, 0.4) is 0 Å². The van der Waals surface area contributed by atoms with Crippen LogP contribution >= 0.6 is 11.3 Å². The quantitative estimate of drug-likeness (QED) is 0.315. The minimum absolute atomic E-state index is 0.518. The van der Waals surface area contributed by atoms with Crippen molar-refractivity contribution in [2.45, 2.75) is 39.4 Å². The third-order valence-corrected chi connectivity index (χ3v) is 6.64. The van der Waals surface area contributed by atoms with Gasteiger partial charge in [0.2, 0.25) is 0 Å². The zero-order chi connectivity index (χ0) is 24.0. The highest BCUT2D eigenvalue weighted by atomic mass is 32.1. The predicted molar refractivity (Wildman–Crippen MR) is 135 cm³/mol. The van der Waals surface area contributed by atoms with Crippen molar-refractivity contribution < 1.29 is 14.6 Å². The molecule has 0 fully saturated rings. The van der Waals surface area contributed by atoms with E-state index in [0.717, 1.165) is 26.2 Å². The van der Waals surface area contributed by atoms with E-state index in [1.807, 2.05) is 76.2 Å². The highest BCUT2D eigenvalue weighted by Crippen LogP contribution is 2.40. The molecule has 3 aromatic heterocycles. The van der Waals surface area contributed by atoms with Crippen LogP contribution in [-0.4, -0.2) is 31.3 Å². The average Bonchev–Trinajstić information content (AvgIpc) is 3.40. The van der Waals surface area contributed by atoms with E-state index >= 15 is 0 Å². The number of hydrogen-bond acceptors (Lipinski definition) is 5. The van der Waals surface area contributed by atoms with E-state index < -0.39 is 17.7 Å². The lowest BCUT2D eigenvalue weighted by molar-refractivity contribution is -0.160. The predicted octanol–water partition coefficient (Wildman–Crippen LogP) is 6.53. The van der Waals surface area contributed by atoms with Crippen LogP contribution in [0.4, 0.5) is 0 Å². The van der Waals surface area contributed by atoms with Crippen molar-refractivity contribution in [2.24, 2.45) is 0 Å². The molecule has 6 nitrogen and oxygen atoms in total. The van der Waals surface area contributed by atoms with Crippen molar-refractivity contribution in [1.82, 2.24) is 14.6 Å². The van der Waals surface area contributed by atoms with Gasteiger partial charge in [-0.05, 0) is 45.2 Å². The number of thiophene rings is 1. The van der Waals surface area contributed by atoms with Crippen molar-refractivity contribution in [3.63, 3.8) is 0 Å². The molecule has 3 heterocycles. The van der Waals surface area contributed by atoms with Crippen LogP contribution in [0.1, 0.15) is 38.1 Å². The van der Waals surface area contributed by atoms with Crippen LogP contribution in [0.15, 0.2) is 66.7 Å². The maximum atomic E-state index is 12.5. The van der Waals surface area contributed by atoms with Crippen molar-refractivity contribution in [3.8, 4) is 21.8 Å². The molecule has 1 N–H and O–H groups in total. The summed E-state index contributed by atoms with van der Waals surface area (Å²) in [7, 11) is 0. The Kier molecular flexibility index (Phi) is 5.46. The zero-order valence-corrected chi connectivity index (χ0v) is 20.3. The van der Waals surface area contributed by atoms with Gasteiger partial charge in [0.15, 0.2) is 11.8 Å². The second-order valence-corrected chi connectivity index (χ2v) is 10.3. The highest BCUT2D eigenvalue weighted by Gasteiger charge is 2.33. The summed E-state index contributed by atoms with van der Waals surface area (Å²) in [5.41, 5.74) is 3.56. The molecule has 0 radical (unpaired) electrons. The maximum Gasteiger partial charge on any atom is 0.337 e. The summed E-state index contributed by atoms with van der Waals surface area (Å²) in [5, 5.41) is 16.2. The molecule has 0 aliphatic heterocycles. The average molecular weight is 472 g/mol. The lowest BCUT2D eigenvalue weighted by Crippen LogP contribution is -2.29. The van der Waals surface area contributed by atoms with Crippen LogP contribution in [-0.2, 0) is 9.53 Å². The fraction of sp³-hybridized carbons (Fsp3) is 0.222. The van der Waals surface area contributed by atoms with Gasteiger partial charge in [-0.2, -0.15) is 5.10 Å². The summed E-state index contributed by atoms with van der Waals surface area (Å²) in [6.45, 7) is 7.39. The summed E-state index contributed by atoms with van der Waals surface area (Å²) < 4.78 is 8.94.